The highest BCUT2D eigenvalue weighted by Crippen LogP contribution is 2.32. The van der Waals surface area contributed by atoms with Crippen LogP contribution in [0.4, 0.5) is 5.13 Å². The van der Waals surface area contributed by atoms with Gasteiger partial charge in [0.1, 0.15) is 10.8 Å². The monoisotopic (exact) mass is 456 g/mol. The summed E-state index contributed by atoms with van der Waals surface area (Å²) in [6.45, 7) is 7.97. The molecule has 6 nitrogen and oxygen atoms in total. The van der Waals surface area contributed by atoms with Gasteiger partial charge in [0.25, 0.3) is 0 Å². The summed E-state index contributed by atoms with van der Waals surface area (Å²) in [5.74, 6) is 1.46. The Hall–Kier alpha value is -2.29. The Balaban J connectivity index is 1.33. The number of likely N-dealkylation sites (tertiary alicyclic amines) is 1. The third-order valence-corrected chi connectivity index (χ3v) is 6.97. The number of aromatic nitrogens is 2. The third kappa shape index (κ3) is 5.90. The molecule has 0 saturated carbocycles. The molecular formula is C23H28N4O2S2. The van der Waals surface area contributed by atoms with E-state index in [1.54, 1.807) is 0 Å². The molecule has 1 N–H and O–H groups in total. The molecule has 0 radical (unpaired) electrons. The summed E-state index contributed by atoms with van der Waals surface area (Å²) < 4.78 is 5.70. The molecule has 3 aromatic rings. The van der Waals surface area contributed by atoms with Crippen LogP contribution < -0.4 is 10.1 Å². The van der Waals surface area contributed by atoms with Crippen LogP contribution in [0.25, 0.3) is 10.6 Å². The van der Waals surface area contributed by atoms with Gasteiger partial charge in [-0.25, -0.2) is 9.97 Å². The normalized spacial score (nSPS) is 16.9. The molecule has 1 fully saturated rings. The van der Waals surface area contributed by atoms with Gasteiger partial charge in [-0.15, -0.1) is 22.7 Å². The van der Waals surface area contributed by atoms with E-state index in [1.807, 2.05) is 41.9 Å². The summed E-state index contributed by atoms with van der Waals surface area (Å²) in [6, 6.07) is 7.85. The minimum atomic E-state index is -0.0950. The van der Waals surface area contributed by atoms with Gasteiger partial charge in [0.05, 0.1) is 30.0 Å². The lowest BCUT2D eigenvalue weighted by atomic mass is 10.0. The number of rotatable bonds is 8. The third-order valence-electron chi connectivity index (χ3n) is 5.24. The van der Waals surface area contributed by atoms with E-state index in [1.165, 1.54) is 35.5 Å². The number of amides is 1. The van der Waals surface area contributed by atoms with E-state index < -0.39 is 0 Å². The highest BCUT2D eigenvalue weighted by Gasteiger charge is 2.18. The van der Waals surface area contributed by atoms with Gasteiger partial charge in [-0.2, -0.15) is 0 Å². The summed E-state index contributed by atoms with van der Waals surface area (Å²) >= 11 is 3.01. The predicted octanol–water partition coefficient (Wildman–Crippen LogP) is 5.08. The average Bonchev–Trinajstić information content (AvgIpc) is 3.38. The first kappa shape index (κ1) is 21.9. The SMILES string of the molecule is CCOc1ccccc1-c1nc(CC(=O)Nc2nc(CN3CCCC(C)C3)cs2)cs1. The van der Waals surface area contributed by atoms with Crippen molar-refractivity contribution in [3.05, 3.63) is 46.4 Å². The Morgan fingerprint density at radius 2 is 2.06 bits per heavy atom. The van der Waals surface area contributed by atoms with Crippen LogP contribution in [-0.4, -0.2) is 40.5 Å². The fraction of sp³-hybridized carbons (Fsp3) is 0.435. The Kier molecular flexibility index (Phi) is 7.32. The van der Waals surface area contributed by atoms with Gasteiger partial charge in [-0.1, -0.05) is 19.1 Å². The number of ether oxygens (including phenoxy) is 1. The van der Waals surface area contributed by atoms with Crippen LogP contribution >= 0.6 is 22.7 Å². The van der Waals surface area contributed by atoms with Crippen LogP contribution in [0.3, 0.4) is 0 Å². The van der Waals surface area contributed by atoms with E-state index in [9.17, 15) is 4.79 Å². The minimum absolute atomic E-state index is 0.0950. The first-order chi connectivity index (χ1) is 15.1. The maximum atomic E-state index is 12.5. The Morgan fingerprint density at radius 3 is 2.90 bits per heavy atom. The number of hydrogen-bond donors (Lipinski definition) is 1. The summed E-state index contributed by atoms with van der Waals surface area (Å²) in [6.07, 6.45) is 2.79. The number of benzene rings is 1. The molecular weight excluding hydrogens is 428 g/mol. The zero-order valence-electron chi connectivity index (χ0n) is 18.0. The van der Waals surface area contributed by atoms with E-state index in [2.05, 4.69) is 27.1 Å². The summed E-state index contributed by atoms with van der Waals surface area (Å²) in [4.78, 5) is 24.2. The molecule has 3 heterocycles. The van der Waals surface area contributed by atoms with Crippen molar-refractivity contribution < 1.29 is 9.53 Å². The van der Waals surface area contributed by atoms with Crippen molar-refractivity contribution in [1.82, 2.24) is 14.9 Å². The molecule has 4 rings (SSSR count). The maximum Gasteiger partial charge on any atom is 0.232 e. The van der Waals surface area contributed by atoms with E-state index in [0.717, 1.165) is 53.3 Å². The van der Waals surface area contributed by atoms with Crippen LogP contribution in [0.15, 0.2) is 35.0 Å². The fourth-order valence-corrected chi connectivity index (χ4v) is 5.43. The Morgan fingerprint density at radius 1 is 1.23 bits per heavy atom. The lowest BCUT2D eigenvalue weighted by Gasteiger charge is -2.30. The van der Waals surface area contributed by atoms with Crippen LogP contribution in [-0.2, 0) is 17.8 Å². The minimum Gasteiger partial charge on any atom is -0.493 e. The molecule has 8 heteroatoms. The molecule has 1 aromatic carbocycles. The molecule has 1 aliphatic rings. The lowest BCUT2D eigenvalue weighted by molar-refractivity contribution is -0.115. The van der Waals surface area contributed by atoms with Crippen molar-refractivity contribution in [1.29, 1.82) is 0 Å². The number of carbonyl (C=O) groups is 1. The highest BCUT2D eigenvalue weighted by molar-refractivity contribution is 7.14. The van der Waals surface area contributed by atoms with Crippen molar-refractivity contribution in [2.75, 3.05) is 25.0 Å². The summed E-state index contributed by atoms with van der Waals surface area (Å²) in [7, 11) is 0. The van der Waals surface area contributed by atoms with Gasteiger partial charge in [-0.3, -0.25) is 9.69 Å². The second-order valence-corrected chi connectivity index (χ2v) is 9.64. The number of thiazole rings is 2. The van der Waals surface area contributed by atoms with Crippen LogP contribution in [0.2, 0.25) is 0 Å². The molecule has 1 saturated heterocycles. The summed E-state index contributed by atoms with van der Waals surface area (Å²) in [5.41, 5.74) is 2.73. The van der Waals surface area contributed by atoms with Crippen molar-refractivity contribution in [2.24, 2.45) is 5.92 Å². The Bertz CT molecular complexity index is 1020. The van der Waals surface area contributed by atoms with Crippen molar-refractivity contribution in [3.63, 3.8) is 0 Å². The van der Waals surface area contributed by atoms with Gasteiger partial charge < -0.3 is 10.1 Å². The van der Waals surface area contributed by atoms with Gasteiger partial charge in [0.2, 0.25) is 5.91 Å². The van der Waals surface area contributed by atoms with Crippen LogP contribution in [0, 0.1) is 5.92 Å². The van der Waals surface area contributed by atoms with Gasteiger partial charge in [0, 0.05) is 23.8 Å². The number of nitrogens with one attached hydrogen (secondary N) is 1. The molecule has 1 unspecified atom stereocenters. The predicted molar refractivity (Wildman–Crippen MR) is 127 cm³/mol. The molecule has 164 valence electrons. The van der Waals surface area contributed by atoms with Crippen molar-refractivity contribution in [2.45, 2.75) is 39.7 Å². The van der Waals surface area contributed by atoms with Gasteiger partial charge in [-0.05, 0) is 44.4 Å². The van der Waals surface area contributed by atoms with Gasteiger partial charge >= 0.3 is 0 Å². The van der Waals surface area contributed by atoms with Crippen LogP contribution in [0.5, 0.6) is 5.75 Å². The maximum absolute atomic E-state index is 12.5. The molecule has 1 aliphatic heterocycles. The molecule has 1 amide bonds. The summed E-state index contributed by atoms with van der Waals surface area (Å²) in [5, 5.41) is 8.42. The number of para-hydroxylation sites is 1. The second-order valence-electron chi connectivity index (χ2n) is 7.92. The zero-order valence-corrected chi connectivity index (χ0v) is 19.6. The van der Waals surface area contributed by atoms with Gasteiger partial charge in [0.15, 0.2) is 5.13 Å². The van der Waals surface area contributed by atoms with Crippen LogP contribution in [0.1, 0.15) is 38.1 Å². The molecule has 1 atom stereocenters. The van der Waals surface area contributed by atoms with Crippen molar-refractivity contribution >= 4 is 33.7 Å². The van der Waals surface area contributed by atoms with E-state index >= 15 is 0 Å². The number of piperidine rings is 1. The number of nitrogens with zero attached hydrogens (tertiary/aromatic N) is 3. The standard InChI is InChI=1S/C23H28N4O2S2/c1-3-29-20-9-5-4-8-19(20)22-24-17(14-30-22)11-21(28)26-23-25-18(15-31-23)13-27-10-6-7-16(2)12-27/h4-5,8-9,14-16H,3,6-7,10-13H2,1-2H3,(H,25,26,28). The smallest absolute Gasteiger partial charge is 0.232 e. The first-order valence-corrected chi connectivity index (χ1v) is 12.5. The molecule has 2 aromatic heterocycles. The topological polar surface area (TPSA) is 67.3 Å². The molecule has 0 spiro atoms. The quantitative estimate of drug-likeness (QED) is 0.512. The fourth-order valence-electron chi connectivity index (χ4n) is 3.86. The second kappa shape index (κ2) is 10.3. The first-order valence-electron chi connectivity index (χ1n) is 10.7. The largest absolute Gasteiger partial charge is 0.493 e. The number of hydrogen-bond acceptors (Lipinski definition) is 7. The van der Waals surface area contributed by atoms with E-state index in [0.29, 0.717) is 11.7 Å². The van der Waals surface area contributed by atoms with Crippen molar-refractivity contribution in [3.8, 4) is 16.3 Å². The zero-order chi connectivity index (χ0) is 21.6. The average molecular weight is 457 g/mol. The molecule has 31 heavy (non-hydrogen) atoms. The Labute approximate surface area is 191 Å². The number of carbonyl (C=O) groups excluding carboxylic acids is 1. The molecule has 0 bridgehead atoms. The lowest BCUT2D eigenvalue weighted by Crippen LogP contribution is -2.33. The highest BCUT2D eigenvalue weighted by atomic mass is 32.1. The number of anilines is 1. The van der Waals surface area contributed by atoms with E-state index in [-0.39, 0.29) is 12.3 Å². The van der Waals surface area contributed by atoms with E-state index in [4.69, 9.17) is 4.74 Å². The molecule has 0 aliphatic carbocycles.